The summed E-state index contributed by atoms with van der Waals surface area (Å²) in [7, 11) is 0. The predicted molar refractivity (Wildman–Crippen MR) is 49.1 cm³/mol. The average molecular weight is 220 g/mol. The van der Waals surface area contributed by atoms with Gasteiger partial charge in [-0.2, -0.15) is 0 Å². The Bertz CT molecular complexity index is 229. The fourth-order valence-corrected chi connectivity index (χ4v) is 1.63. The van der Waals surface area contributed by atoms with Gasteiger partial charge in [-0.25, -0.2) is 0 Å². The Morgan fingerprint density at radius 3 is 2.13 bits per heavy atom. The monoisotopic (exact) mass is 220 g/mol. The van der Waals surface area contributed by atoms with Gasteiger partial charge in [-0.15, -0.1) is 0 Å². The van der Waals surface area contributed by atoms with Crippen molar-refractivity contribution in [3.05, 3.63) is 0 Å². The Hall–Kier alpha value is -0.530. The molecule has 1 fully saturated rings. The lowest BCUT2D eigenvalue weighted by Crippen LogP contribution is -2.58. The van der Waals surface area contributed by atoms with E-state index in [-0.39, 0.29) is 12.2 Å². The average Bonchev–Trinajstić information content (AvgIpc) is 2.18. The van der Waals surface area contributed by atoms with Gasteiger partial charge in [-0.05, 0) is 6.92 Å². The number of hydrogen-bond acceptors (Lipinski definition) is 6. The van der Waals surface area contributed by atoms with Crippen LogP contribution >= 0.6 is 0 Å². The molecule has 5 atom stereocenters. The summed E-state index contributed by atoms with van der Waals surface area (Å²) in [4.78, 5) is 10.8. The summed E-state index contributed by atoms with van der Waals surface area (Å²) < 4.78 is 5.11. The number of carbonyl (C=O) groups is 1. The van der Waals surface area contributed by atoms with Crippen LogP contribution in [0.15, 0.2) is 0 Å². The minimum Gasteiger partial charge on any atom is -0.394 e. The number of rotatable bonds is 3. The highest BCUT2D eigenvalue weighted by molar-refractivity contribution is 5.76. The van der Waals surface area contributed by atoms with E-state index < -0.39 is 37.1 Å². The molecule has 4 N–H and O–H groups in total. The van der Waals surface area contributed by atoms with Gasteiger partial charge in [0.15, 0.2) is 0 Å². The van der Waals surface area contributed by atoms with Gasteiger partial charge in [0.25, 0.3) is 0 Å². The molecule has 0 saturated carbocycles. The van der Waals surface area contributed by atoms with Crippen molar-refractivity contribution in [2.75, 3.05) is 6.61 Å². The summed E-state index contributed by atoms with van der Waals surface area (Å²) >= 11 is 0. The molecule has 1 rings (SSSR count). The molecule has 0 bridgehead atoms. The predicted octanol–water partition coefficient (Wildman–Crippen LogP) is -2.19. The van der Waals surface area contributed by atoms with Crippen molar-refractivity contribution < 1.29 is 30.0 Å². The quantitative estimate of drug-likeness (QED) is 0.430. The number of hydrogen-bond donors (Lipinski definition) is 4. The Labute approximate surface area is 87.1 Å². The van der Waals surface area contributed by atoms with Crippen molar-refractivity contribution in [1.29, 1.82) is 0 Å². The molecule has 0 aromatic heterocycles. The van der Waals surface area contributed by atoms with Crippen LogP contribution in [-0.2, 0) is 9.53 Å². The summed E-state index contributed by atoms with van der Waals surface area (Å²) in [6.45, 7) is 0.862. The highest BCUT2D eigenvalue weighted by atomic mass is 16.5. The first-order valence-electron chi connectivity index (χ1n) is 4.77. The van der Waals surface area contributed by atoms with Crippen LogP contribution in [0, 0.1) is 0 Å². The van der Waals surface area contributed by atoms with Crippen molar-refractivity contribution >= 4 is 5.78 Å². The molecule has 0 amide bonds. The first kappa shape index (κ1) is 12.5. The standard InChI is InChI=1S/C9H16O6/c1-4(11)2-5-7(12)9(14)8(13)6(3-10)15-5/h5-10,12-14H,2-3H2,1H3/t5?,6?,7-,8-,9+/m0/s1. The van der Waals surface area contributed by atoms with Gasteiger partial charge in [0.2, 0.25) is 0 Å². The van der Waals surface area contributed by atoms with Crippen molar-refractivity contribution in [3.8, 4) is 0 Å². The fraction of sp³-hybridized carbons (Fsp3) is 0.889. The second-order valence-electron chi connectivity index (χ2n) is 3.77. The molecule has 6 nitrogen and oxygen atoms in total. The number of ether oxygens (including phenoxy) is 1. The summed E-state index contributed by atoms with van der Waals surface area (Å²) in [6, 6.07) is 0. The zero-order valence-electron chi connectivity index (χ0n) is 8.41. The molecule has 0 spiro atoms. The minimum atomic E-state index is -1.40. The van der Waals surface area contributed by atoms with Gasteiger partial charge < -0.3 is 25.2 Å². The van der Waals surface area contributed by atoms with Crippen LogP contribution in [0.25, 0.3) is 0 Å². The maximum Gasteiger partial charge on any atom is 0.132 e. The molecule has 1 aliphatic heterocycles. The van der Waals surface area contributed by atoms with Crippen molar-refractivity contribution in [2.24, 2.45) is 0 Å². The maximum atomic E-state index is 10.8. The molecule has 15 heavy (non-hydrogen) atoms. The topological polar surface area (TPSA) is 107 Å². The number of aliphatic hydroxyl groups is 4. The summed E-state index contributed by atoms with van der Waals surface area (Å²) in [5, 5.41) is 37.2. The summed E-state index contributed by atoms with van der Waals surface area (Å²) in [5.41, 5.74) is 0. The van der Waals surface area contributed by atoms with E-state index in [9.17, 15) is 20.1 Å². The SMILES string of the molecule is CC(=O)CC1OC(CO)[C@H](O)[C@H](O)[C@H]1O. The van der Waals surface area contributed by atoms with Gasteiger partial charge in [-0.1, -0.05) is 0 Å². The lowest BCUT2D eigenvalue weighted by atomic mass is 9.93. The molecular formula is C9H16O6. The van der Waals surface area contributed by atoms with E-state index >= 15 is 0 Å². The molecule has 0 radical (unpaired) electrons. The van der Waals surface area contributed by atoms with Gasteiger partial charge in [-0.3, -0.25) is 4.79 Å². The molecule has 0 aromatic rings. The Morgan fingerprint density at radius 1 is 1.13 bits per heavy atom. The van der Waals surface area contributed by atoms with Crippen LogP contribution < -0.4 is 0 Å². The van der Waals surface area contributed by atoms with Gasteiger partial charge >= 0.3 is 0 Å². The number of Topliss-reactive ketones (excluding diaryl/α,β-unsaturated/α-hetero) is 1. The normalized spacial score (nSPS) is 41.5. The molecule has 88 valence electrons. The van der Waals surface area contributed by atoms with Crippen LogP contribution in [0.5, 0.6) is 0 Å². The second-order valence-corrected chi connectivity index (χ2v) is 3.77. The maximum absolute atomic E-state index is 10.8. The van der Waals surface area contributed by atoms with Crippen molar-refractivity contribution in [3.63, 3.8) is 0 Å². The summed E-state index contributed by atoms with van der Waals surface area (Å²) in [5.74, 6) is -0.195. The van der Waals surface area contributed by atoms with Gasteiger partial charge in [0.1, 0.15) is 30.2 Å². The lowest BCUT2D eigenvalue weighted by molar-refractivity contribution is -0.229. The minimum absolute atomic E-state index is 0.0541. The number of carbonyl (C=O) groups excluding carboxylic acids is 1. The fourth-order valence-electron chi connectivity index (χ4n) is 1.63. The third-order valence-electron chi connectivity index (χ3n) is 2.48. The van der Waals surface area contributed by atoms with Crippen LogP contribution in [0.1, 0.15) is 13.3 Å². The molecule has 0 aliphatic carbocycles. The van der Waals surface area contributed by atoms with Crippen LogP contribution in [0.3, 0.4) is 0 Å². The van der Waals surface area contributed by atoms with E-state index in [1.807, 2.05) is 0 Å². The molecule has 1 heterocycles. The summed E-state index contributed by atoms with van der Waals surface area (Å²) in [6.07, 6.45) is -5.95. The number of aliphatic hydroxyl groups excluding tert-OH is 4. The highest BCUT2D eigenvalue weighted by Crippen LogP contribution is 2.23. The molecule has 0 aromatic carbocycles. The molecule has 2 unspecified atom stereocenters. The van der Waals surface area contributed by atoms with Gasteiger partial charge in [0, 0.05) is 6.42 Å². The first-order chi connectivity index (χ1) is 6.97. The van der Waals surface area contributed by atoms with Crippen LogP contribution in [-0.4, -0.2) is 63.3 Å². The van der Waals surface area contributed by atoms with E-state index in [0.29, 0.717) is 0 Å². The van der Waals surface area contributed by atoms with E-state index in [4.69, 9.17) is 9.84 Å². The zero-order valence-corrected chi connectivity index (χ0v) is 8.41. The molecule has 1 aliphatic rings. The molecular weight excluding hydrogens is 204 g/mol. The van der Waals surface area contributed by atoms with Crippen molar-refractivity contribution in [2.45, 2.75) is 43.9 Å². The largest absolute Gasteiger partial charge is 0.394 e. The van der Waals surface area contributed by atoms with E-state index in [0.717, 1.165) is 0 Å². The molecule has 6 heteroatoms. The third-order valence-corrected chi connectivity index (χ3v) is 2.48. The zero-order chi connectivity index (χ0) is 11.6. The Morgan fingerprint density at radius 2 is 1.67 bits per heavy atom. The van der Waals surface area contributed by atoms with Crippen LogP contribution in [0.4, 0.5) is 0 Å². The van der Waals surface area contributed by atoms with E-state index in [2.05, 4.69) is 0 Å². The van der Waals surface area contributed by atoms with E-state index in [1.54, 1.807) is 0 Å². The lowest BCUT2D eigenvalue weighted by Gasteiger charge is -2.39. The second kappa shape index (κ2) is 5.00. The Kier molecular flexibility index (Phi) is 4.18. The Balaban J connectivity index is 2.69. The van der Waals surface area contributed by atoms with Gasteiger partial charge in [0.05, 0.1) is 12.7 Å². The first-order valence-corrected chi connectivity index (χ1v) is 4.77. The van der Waals surface area contributed by atoms with Crippen molar-refractivity contribution in [1.82, 2.24) is 0 Å². The van der Waals surface area contributed by atoms with Crippen LogP contribution in [0.2, 0.25) is 0 Å². The van der Waals surface area contributed by atoms with E-state index in [1.165, 1.54) is 6.92 Å². The number of ketones is 1. The third kappa shape index (κ3) is 2.73. The smallest absolute Gasteiger partial charge is 0.132 e. The molecule has 1 saturated heterocycles. The highest BCUT2D eigenvalue weighted by Gasteiger charge is 2.43.